The monoisotopic (exact) mass is 283 g/mol. The molecular weight excluding hydrogens is 267 g/mol. The van der Waals surface area contributed by atoms with Crippen molar-refractivity contribution in [3.05, 3.63) is 41.2 Å². The van der Waals surface area contributed by atoms with Crippen molar-refractivity contribution in [3.8, 4) is 0 Å². The van der Waals surface area contributed by atoms with Crippen LogP contribution in [0, 0.1) is 13.8 Å². The minimum atomic E-state index is -4.35. The molecule has 108 valence electrons. The van der Waals surface area contributed by atoms with Gasteiger partial charge in [0.05, 0.1) is 11.3 Å². The Bertz CT molecular complexity index is 615. The lowest BCUT2D eigenvalue weighted by Gasteiger charge is -2.13. The van der Waals surface area contributed by atoms with E-state index >= 15 is 0 Å². The molecule has 0 radical (unpaired) electrons. The lowest BCUT2D eigenvalue weighted by atomic mass is 10.1. The Morgan fingerprint density at radius 2 is 1.95 bits per heavy atom. The summed E-state index contributed by atoms with van der Waals surface area (Å²) in [5.41, 5.74) is 1.30. The zero-order valence-corrected chi connectivity index (χ0v) is 11.5. The summed E-state index contributed by atoms with van der Waals surface area (Å²) in [4.78, 5) is 4.28. The maximum Gasteiger partial charge on any atom is 0.416 e. The van der Waals surface area contributed by atoms with Gasteiger partial charge in [0.2, 0.25) is 5.95 Å². The second-order valence-electron chi connectivity index (χ2n) is 4.64. The molecule has 0 saturated carbocycles. The van der Waals surface area contributed by atoms with Crippen LogP contribution in [-0.4, -0.2) is 9.55 Å². The van der Waals surface area contributed by atoms with Crippen LogP contribution in [-0.2, 0) is 12.7 Å². The topological polar surface area (TPSA) is 29.9 Å². The fourth-order valence-electron chi connectivity index (χ4n) is 1.94. The highest BCUT2D eigenvalue weighted by atomic mass is 19.4. The van der Waals surface area contributed by atoms with E-state index in [9.17, 15) is 13.2 Å². The number of nitrogens with zero attached hydrogens (tertiary/aromatic N) is 2. The molecule has 1 aromatic carbocycles. The van der Waals surface area contributed by atoms with Crippen molar-refractivity contribution >= 4 is 11.6 Å². The van der Waals surface area contributed by atoms with Crippen LogP contribution in [0.2, 0.25) is 0 Å². The number of halogens is 3. The van der Waals surface area contributed by atoms with Gasteiger partial charge in [-0.3, -0.25) is 0 Å². The summed E-state index contributed by atoms with van der Waals surface area (Å²) in [5, 5.41) is 2.98. The van der Waals surface area contributed by atoms with Gasteiger partial charge in [0.25, 0.3) is 0 Å². The minimum absolute atomic E-state index is 0.417. The highest BCUT2D eigenvalue weighted by molar-refractivity contribution is 5.60. The molecule has 0 fully saturated rings. The molecule has 6 heteroatoms. The van der Waals surface area contributed by atoms with E-state index < -0.39 is 11.7 Å². The number of alkyl halides is 3. The summed E-state index contributed by atoms with van der Waals surface area (Å²) in [6.07, 6.45) is -2.49. The van der Waals surface area contributed by atoms with Crippen molar-refractivity contribution in [1.29, 1.82) is 0 Å². The third kappa shape index (κ3) is 2.95. The summed E-state index contributed by atoms with van der Waals surface area (Å²) in [6, 6.07) is 3.65. The van der Waals surface area contributed by atoms with Crippen LogP contribution in [0.25, 0.3) is 0 Å². The molecule has 0 aliphatic rings. The van der Waals surface area contributed by atoms with Gasteiger partial charge in [-0.1, -0.05) is 6.07 Å². The molecule has 0 amide bonds. The zero-order chi connectivity index (χ0) is 14.9. The zero-order valence-electron chi connectivity index (χ0n) is 11.5. The Kier molecular flexibility index (Phi) is 3.74. The average molecular weight is 283 g/mol. The Balaban J connectivity index is 2.37. The summed E-state index contributed by atoms with van der Waals surface area (Å²) in [6.45, 7) is 6.25. The summed E-state index contributed by atoms with van der Waals surface area (Å²) >= 11 is 0. The first-order valence-electron chi connectivity index (χ1n) is 6.30. The molecule has 1 aromatic heterocycles. The van der Waals surface area contributed by atoms with Gasteiger partial charge in [-0.15, -0.1) is 0 Å². The van der Waals surface area contributed by atoms with Gasteiger partial charge in [0.1, 0.15) is 0 Å². The van der Waals surface area contributed by atoms with Gasteiger partial charge in [-0.2, -0.15) is 13.2 Å². The second kappa shape index (κ2) is 5.19. The van der Waals surface area contributed by atoms with E-state index in [-0.39, 0.29) is 0 Å². The lowest BCUT2D eigenvalue weighted by Crippen LogP contribution is -2.07. The Morgan fingerprint density at radius 3 is 2.55 bits per heavy atom. The van der Waals surface area contributed by atoms with Crippen LogP contribution in [0.1, 0.15) is 23.7 Å². The van der Waals surface area contributed by atoms with Gasteiger partial charge in [0.15, 0.2) is 0 Å². The highest BCUT2D eigenvalue weighted by Crippen LogP contribution is 2.32. The van der Waals surface area contributed by atoms with Crippen molar-refractivity contribution in [3.63, 3.8) is 0 Å². The number of benzene rings is 1. The number of hydrogen-bond acceptors (Lipinski definition) is 2. The van der Waals surface area contributed by atoms with E-state index in [0.717, 1.165) is 23.4 Å². The maximum absolute atomic E-state index is 12.7. The molecule has 0 spiro atoms. The highest BCUT2D eigenvalue weighted by Gasteiger charge is 2.30. The van der Waals surface area contributed by atoms with Crippen LogP contribution in [0.5, 0.6) is 0 Å². The van der Waals surface area contributed by atoms with E-state index in [2.05, 4.69) is 10.3 Å². The van der Waals surface area contributed by atoms with Crippen LogP contribution in [0.4, 0.5) is 24.8 Å². The van der Waals surface area contributed by atoms with Crippen LogP contribution >= 0.6 is 0 Å². The first-order chi connectivity index (χ1) is 9.31. The fourth-order valence-corrected chi connectivity index (χ4v) is 1.94. The summed E-state index contributed by atoms with van der Waals surface area (Å²) in [5.74, 6) is 0.549. The van der Waals surface area contributed by atoms with Crippen LogP contribution < -0.4 is 5.32 Å². The predicted octanol–water partition coefficient (Wildman–Crippen LogP) is 4.28. The van der Waals surface area contributed by atoms with E-state index in [0.29, 0.717) is 18.2 Å². The molecule has 0 unspecified atom stereocenters. The number of nitrogens with one attached hydrogen (secondary N) is 1. The largest absolute Gasteiger partial charge is 0.416 e. The first kappa shape index (κ1) is 14.4. The predicted molar refractivity (Wildman–Crippen MR) is 72.1 cm³/mol. The molecule has 2 rings (SSSR count). The van der Waals surface area contributed by atoms with E-state index in [1.807, 2.05) is 24.6 Å². The molecule has 0 saturated heterocycles. The molecule has 0 atom stereocenters. The molecule has 1 heterocycles. The van der Waals surface area contributed by atoms with Crippen LogP contribution in [0.3, 0.4) is 0 Å². The molecule has 20 heavy (non-hydrogen) atoms. The Labute approximate surface area is 115 Å². The van der Waals surface area contributed by atoms with Gasteiger partial charge in [0, 0.05) is 18.4 Å². The molecule has 1 N–H and O–H groups in total. The van der Waals surface area contributed by atoms with E-state index in [4.69, 9.17) is 0 Å². The standard InChI is InChI=1S/C14H16F3N3/c1-4-20-8-10(3)18-13(20)19-12-7-11(14(15,16)17)6-5-9(12)2/h5-8H,4H2,1-3H3,(H,18,19). The molecule has 0 aliphatic carbocycles. The molecule has 3 nitrogen and oxygen atoms in total. The van der Waals surface area contributed by atoms with Crippen molar-refractivity contribution in [1.82, 2.24) is 9.55 Å². The van der Waals surface area contributed by atoms with Gasteiger partial charge < -0.3 is 9.88 Å². The molecule has 0 bridgehead atoms. The number of imidazole rings is 1. The number of aromatic nitrogens is 2. The molecule has 2 aromatic rings. The van der Waals surface area contributed by atoms with Crippen molar-refractivity contribution in [2.45, 2.75) is 33.5 Å². The average Bonchev–Trinajstić information content (AvgIpc) is 2.71. The SMILES string of the molecule is CCn1cc(C)nc1Nc1cc(C(F)(F)F)ccc1C. The summed E-state index contributed by atoms with van der Waals surface area (Å²) in [7, 11) is 0. The third-order valence-electron chi connectivity index (χ3n) is 3.05. The number of aryl methyl sites for hydroxylation is 3. The number of hydrogen-bond donors (Lipinski definition) is 1. The van der Waals surface area contributed by atoms with Gasteiger partial charge >= 0.3 is 6.18 Å². The summed E-state index contributed by atoms with van der Waals surface area (Å²) < 4.78 is 40.1. The molecular formula is C14H16F3N3. The maximum atomic E-state index is 12.7. The van der Waals surface area contributed by atoms with Crippen molar-refractivity contribution in [2.75, 3.05) is 5.32 Å². The van der Waals surface area contributed by atoms with E-state index in [1.165, 1.54) is 6.07 Å². The quantitative estimate of drug-likeness (QED) is 0.911. The fraction of sp³-hybridized carbons (Fsp3) is 0.357. The first-order valence-corrected chi connectivity index (χ1v) is 6.30. The number of rotatable bonds is 3. The van der Waals surface area contributed by atoms with Gasteiger partial charge in [-0.05, 0) is 38.5 Å². The van der Waals surface area contributed by atoms with E-state index in [1.54, 1.807) is 6.92 Å². The lowest BCUT2D eigenvalue weighted by molar-refractivity contribution is -0.137. The van der Waals surface area contributed by atoms with Crippen molar-refractivity contribution < 1.29 is 13.2 Å². The Morgan fingerprint density at radius 1 is 1.25 bits per heavy atom. The van der Waals surface area contributed by atoms with Gasteiger partial charge in [-0.25, -0.2) is 4.98 Å². The van der Waals surface area contributed by atoms with Crippen LogP contribution in [0.15, 0.2) is 24.4 Å². The minimum Gasteiger partial charge on any atom is -0.325 e. The Hall–Kier alpha value is -1.98. The third-order valence-corrected chi connectivity index (χ3v) is 3.05. The smallest absolute Gasteiger partial charge is 0.325 e. The normalized spacial score (nSPS) is 11.7. The number of anilines is 2. The molecule has 0 aliphatic heterocycles. The second-order valence-corrected chi connectivity index (χ2v) is 4.64. The van der Waals surface area contributed by atoms with Crippen molar-refractivity contribution in [2.24, 2.45) is 0 Å².